The van der Waals surface area contributed by atoms with Gasteiger partial charge in [-0.2, -0.15) is 0 Å². The van der Waals surface area contributed by atoms with E-state index in [-0.39, 0.29) is 6.10 Å². The van der Waals surface area contributed by atoms with E-state index in [0.717, 1.165) is 18.8 Å². The molecule has 108 valence electrons. The van der Waals surface area contributed by atoms with Crippen molar-refractivity contribution in [1.82, 2.24) is 0 Å². The summed E-state index contributed by atoms with van der Waals surface area (Å²) in [5, 5.41) is 3.70. The fourth-order valence-electron chi connectivity index (χ4n) is 3.56. The summed E-state index contributed by atoms with van der Waals surface area (Å²) in [5.74, 6) is 1.39. The largest absolute Gasteiger partial charge is 0.497 e. The van der Waals surface area contributed by atoms with Crippen molar-refractivity contribution in [3.63, 3.8) is 0 Å². The molecule has 0 aliphatic carbocycles. The summed E-state index contributed by atoms with van der Waals surface area (Å²) in [6, 6.07) is 17.2. The predicted molar refractivity (Wildman–Crippen MR) is 82.6 cm³/mol. The number of hydrogen-bond donors (Lipinski definition) is 1. The maximum atomic E-state index is 6.02. The fourth-order valence-corrected chi connectivity index (χ4v) is 3.56. The molecule has 3 atom stereocenters. The molecule has 2 aromatic carbocycles. The van der Waals surface area contributed by atoms with Gasteiger partial charge in [-0.15, -0.1) is 0 Å². The van der Waals surface area contributed by atoms with Crippen molar-refractivity contribution in [1.29, 1.82) is 0 Å². The summed E-state index contributed by atoms with van der Waals surface area (Å²) in [6.45, 7) is 0.845. The highest BCUT2D eigenvalue weighted by molar-refractivity contribution is 5.57. The van der Waals surface area contributed by atoms with Crippen LogP contribution < -0.4 is 10.1 Å². The lowest BCUT2D eigenvalue weighted by atomic mass is 9.81. The molecule has 0 bridgehead atoms. The zero-order valence-electron chi connectivity index (χ0n) is 12.1. The summed E-state index contributed by atoms with van der Waals surface area (Å²) in [5.41, 5.74) is 3.79. The first-order chi connectivity index (χ1) is 10.4. The molecule has 1 fully saturated rings. The number of para-hydroxylation sites is 1. The van der Waals surface area contributed by atoms with Crippen LogP contribution in [0.2, 0.25) is 0 Å². The van der Waals surface area contributed by atoms with Gasteiger partial charge in [0.25, 0.3) is 0 Å². The molecule has 0 radical (unpaired) electrons. The van der Waals surface area contributed by atoms with Crippen LogP contribution in [0, 0.1) is 5.92 Å². The second kappa shape index (κ2) is 5.08. The van der Waals surface area contributed by atoms with Crippen LogP contribution in [-0.2, 0) is 4.74 Å². The Morgan fingerprint density at radius 1 is 1.10 bits per heavy atom. The van der Waals surface area contributed by atoms with E-state index in [9.17, 15) is 0 Å². The van der Waals surface area contributed by atoms with Crippen LogP contribution in [0.25, 0.3) is 0 Å². The Hall–Kier alpha value is -2.00. The van der Waals surface area contributed by atoms with Crippen LogP contribution in [0.1, 0.15) is 29.7 Å². The monoisotopic (exact) mass is 281 g/mol. The van der Waals surface area contributed by atoms with Gasteiger partial charge in [0.15, 0.2) is 0 Å². The van der Waals surface area contributed by atoms with Crippen molar-refractivity contribution in [3.8, 4) is 5.75 Å². The Kier molecular flexibility index (Phi) is 3.08. The van der Waals surface area contributed by atoms with E-state index in [1.54, 1.807) is 7.11 Å². The topological polar surface area (TPSA) is 30.5 Å². The molecule has 1 saturated heterocycles. The van der Waals surface area contributed by atoms with Gasteiger partial charge in [-0.25, -0.2) is 0 Å². The highest BCUT2D eigenvalue weighted by Crippen LogP contribution is 2.49. The Bertz CT molecular complexity index is 638. The molecule has 0 amide bonds. The lowest BCUT2D eigenvalue weighted by molar-refractivity contribution is 0.0829. The smallest absolute Gasteiger partial charge is 0.118 e. The molecule has 4 rings (SSSR count). The van der Waals surface area contributed by atoms with Crippen LogP contribution in [0.4, 0.5) is 5.69 Å². The molecule has 21 heavy (non-hydrogen) atoms. The summed E-state index contributed by atoms with van der Waals surface area (Å²) in [6.07, 6.45) is 1.32. The average Bonchev–Trinajstić information content (AvgIpc) is 3.04. The third kappa shape index (κ3) is 2.09. The Labute approximate surface area is 124 Å². The Morgan fingerprint density at radius 3 is 2.71 bits per heavy atom. The van der Waals surface area contributed by atoms with E-state index in [4.69, 9.17) is 9.47 Å². The van der Waals surface area contributed by atoms with Gasteiger partial charge in [0.1, 0.15) is 5.75 Å². The average molecular weight is 281 g/mol. The Balaban J connectivity index is 1.72. The summed E-state index contributed by atoms with van der Waals surface area (Å²) >= 11 is 0. The number of fused-ring (bicyclic) bond motifs is 3. The van der Waals surface area contributed by atoms with Crippen LogP contribution in [0.15, 0.2) is 48.5 Å². The van der Waals surface area contributed by atoms with Crippen LogP contribution >= 0.6 is 0 Å². The maximum Gasteiger partial charge on any atom is 0.118 e. The van der Waals surface area contributed by atoms with E-state index in [2.05, 4.69) is 41.7 Å². The van der Waals surface area contributed by atoms with Crippen molar-refractivity contribution < 1.29 is 9.47 Å². The van der Waals surface area contributed by atoms with Gasteiger partial charge in [0.2, 0.25) is 0 Å². The van der Waals surface area contributed by atoms with Crippen molar-refractivity contribution in [2.75, 3.05) is 19.0 Å². The molecule has 2 aliphatic rings. The van der Waals surface area contributed by atoms with E-state index in [1.807, 2.05) is 12.1 Å². The SMILES string of the molecule is COc1ccc([C@H]2Nc3ccccc3[C@@H]3OCC[C@H]23)cc1. The zero-order valence-corrected chi connectivity index (χ0v) is 12.1. The second-order valence-corrected chi connectivity index (χ2v) is 5.73. The molecule has 2 heterocycles. The van der Waals surface area contributed by atoms with E-state index in [0.29, 0.717) is 12.0 Å². The highest BCUT2D eigenvalue weighted by Gasteiger charge is 2.41. The summed E-state index contributed by atoms with van der Waals surface area (Å²) < 4.78 is 11.3. The first-order valence-electron chi connectivity index (χ1n) is 7.48. The molecule has 0 saturated carbocycles. The van der Waals surface area contributed by atoms with E-state index >= 15 is 0 Å². The van der Waals surface area contributed by atoms with Gasteiger partial charge in [0, 0.05) is 23.8 Å². The third-order valence-corrected chi connectivity index (χ3v) is 4.62. The lowest BCUT2D eigenvalue weighted by Crippen LogP contribution is -2.29. The highest BCUT2D eigenvalue weighted by atomic mass is 16.5. The lowest BCUT2D eigenvalue weighted by Gasteiger charge is -2.36. The van der Waals surface area contributed by atoms with Crippen molar-refractivity contribution >= 4 is 5.69 Å². The number of nitrogens with one attached hydrogen (secondary N) is 1. The van der Waals surface area contributed by atoms with Crippen molar-refractivity contribution in [2.45, 2.75) is 18.6 Å². The second-order valence-electron chi connectivity index (χ2n) is 5.73. The molecular weight excluding hydrogens is 262 g/mol. The Morgan fingerprint density at radius 2 is 1.90 bits per heavy atom. The number of hydrogen-bond acceptors (Lipinski definition) is 3. The third-order valence-electron chi connectivity index (χ3n) is 4.62. The molecule has 3 nitrogen and oxygen atoms in total. The standard InChI is InChI=1S/C18H19NO2/c1-20-13-8-6-12(7-9-13)17-15-10-11-21-18(15)14-4-2-3-5-16(14)19-17/h2-9,15,17-19H,10-11H2,1H3/t15-,17-,18+/m1/s1. The number of rotatable bonds is 2. The quantitative estimate of drug-likeness (QED) is 0.904. The molecule has 0 unspecified atom stereocenters. The molecule has 0 aromatic heterocycles. The van der Waals surface area contributed by atoms with E-state index in [1.165, 1.54) is 16.8 Å². The summed E-state index contributed by atoms with van der Waals surface area (Å²) in [7, 11) is 1.70. The molecule has 3 heteroatoms. The minimum atomic E-state index is 0.217. The van der Waals surface area contributed by atoms with Crippen LogP contribution in [0.3, 0.4) is 0 Å². The molecule has 2 aromatic rings. The van der Waals surface area contributed by atoms with Crippen LogP contribution in [-0.4, -0.2) is 13.7 Å². The zero-order chi connectivity index (χ0) is 14.2. The van der Waals surface area contributed by atoms with Crippen LogP contribution in [0.5, 0.6) is 5.75 Å². The molecular formula is C18H19NO2. The van der Waals surface area contributed by atoms with Gasteiger partial charge < -0.3 is 14.8 Å². The minimum Gasteiger partial charge on any atom is -0.497 e. The number of methoxy groups -OCH3 is 1. The fraction of sp³-hybridized carbons (Fsp3) is 0.333. The first-order valence-corrected chi connectivity index (χ1v) is 7.48. The maximum absolute atomic E-state index is 6.02. The van der Waals surface area contributed by atoms with Gasteiger partial charge in [-0.3, -0.25) is 0 Å². The number of benzene rings is 2. The molecule has 1 N–H and O–H groups in total. The van der Waals surface area contributed by atoms with Gasteiger partial charge in [-0.05, 0) is 30.2 Å². The van der Waals surface area contributed by atoms with Crippen molar-refractivity contribution in [2.24, 2.45) is 5.92 Å². The predicted octanol–water partition coefficient (Wildman–Crippen LogP) is 3.94. The van der Waals surface area contributed by atoms with Gasteiger partial charge in [0.05, 0.1) is 19.3 Å². The minimum absolute atomic E-state index is 0.217. The number of anilines is 1. The van der Waals surface area contributed by atoms with Crippen molar-refractivity contribution in [3.05, 3.63) is 59.7 Å². The van der Waals surface area contributed by atoms with Gasteiger partial charge >= 0.3 is 0 Å². The molecule has 2 aliphatic heterocycles. The molecule has 0 spiro atoms. The number of ether oxygens (including phenoxy) is 2. The van der Waals surface area contributed by atoms with Gasteiger partial charge in [-0.1, -0.05) is 30.3 Å². The normalized spacial score (nSPS) is 26.6. The van der Waals surface area contributed by atoms with E-state index < -0.39 is 0 Å². The first kappa shape index (κ1) is 12.7. The summed E-state index contributed by atoms with van der Waals surface area (Å²) in [4.78, 5) is 0.